The summed E-state index contributed by atoms with van der Waals surface area (Å²) in [6.45, 7) is 3.16. The fourth-order valence-corrected chi connectivity index (χ4v) is 2.70. The van der Waals surface area contributed by atoms with Gasteiger partial charge in [-0.25, -0.2) is 8.78 Å². The van der Waals surface area contributed by atoms with Crippen molar-refractivity contribution in [1.82, 2.24) is 15.5 Å². The molecular formula is C16H19F2N3O2. The minimum Gasteiger partial charge on any atom is -0.491 e. The summed E-state index contributed by atoms with van der Waals surface area (Å²) in [5.41, 5.74) is 0.0575. The highest BCUT2D eigenvalue weighted by atomic mass is 19.1. The number of hydrogen-bond acceptors (Lipinski definition) is 5. The van der Waals surface area contributed by atoms with Gasteiger partial charge in [0.25, 0.3) is 5.89 Å². The Kier molecular flexibility index (Phi) is 4.56. The first kappa shape index (κ1) is 15.9. The van der Waals surface area contributed by atoms with Gasteiger partial charge in [-0.05, 0) is 38.1 Å². The van der Waals surface area contributed by atoms with Crippen molar-refractivity contribution >= 4 is 0 Å². The zero-order valence-corrected chi connectivity index (χ0v) is 12.9. The van der Waals surface area contributed by atoms with Crippen molar-refractivity contribution in [3.05, 3.63) is 29.8 Å². The third-order valence-electron chi connectivity index (χ3n) is 4.19. The average molecular weight is 323 g/mol. The molecule has 1 aromatic carbocycles. The van der Waals surface area contributed by atoms with Gasteiger partial charge in [-0.2, -0.15) is 4.98 Å². The monoisotopic (exact) mass is 323 g/mol. The highest BCUT2D eigenvalue weighted by Gasteiger charge is 2.34. The Balaban J connectivity index is 1.82. The summed E-state index contributed by atoms with van der Waals surface area (Å²) < 4.78 is 36.6. The molecule has 3 rings (SSSR count). The Morgan fingerprint density at radius 1 is 1.35 bits per heavy atom. The standard InChI is InChI=1S/C16H19F2N3O2/c1-16(4-7-19-8-5-16)15-20-14(23-21-15)12-3-2-11(10-13(12)18)22-9-6-17/h2-3,10,19H,4-9H2,1H3. The average Bonchev–Trinajstić information content (AvgIpc) is 3.04. The van der Waals surface area contributed by atoms with Crippen LogP contribution in [0.25, 0.3) is 11.5 Å². The van der Waals surface area contributed by atoms with E-state index in [1.54, 1.807) is 6.07 Å². The molecule has 1 N–H and O–H groups in total. The molecule has 0 radical (unpaired) electrons. The smallest absolute Gasteiger partial charge is 0.260 e. The maximum absolute atomic E-state index is 14.2. The Morgan fingerprint density at radius 2 is 2.13 bits per heavy atom. The van der Waals surface area contributed by atoms with E-state index in [-0.39, 0.29) is 29.2 Å². The fraction of sp³-hybridized carbons (Fsp3) is 0.500. The predicted octanol–water partition coefficient (Wildman–Crippen LogP) is 2.87. The van der Waals surface area contributed by atoms with Crippen LogP contribution in [-0.2, 0) is 5.41 Å². The van der Waals surface area contributed by atoms with E-state index in [2.05, 4.69) is 22.4 Å². The normalized spacial score (nSPS) is 17.2. The molecule has 5 nitrogen and oxygen atoms in total. The lowest BCUT2D eigenvalue weighted by molar-refractivity contribution is 0.272. The molecule has 23 heavy (non-hydrogen) atoms. The molecular weight excluding hydrogens is 304 g/mol. The highest BCUT2D eigenvalue weighted by Crippen LogP contribution is 2.33. The molecule has 0 unspecified atom stereocenters. The van der Waals surface area contributed by atoms with Crippen molar-refractivity contribution in [2.45, 2.75) is 25.2 Å². The van der Waals surface area contributed by atoms with Crippen LogP contribution in [0, 0.1) is 5.82 Å². The second kappa shape index (κ2) is 6.62. The molecule has 2 heterocycles. The molecule has 1 fully saturated rings. The molecule has 0 aliphatic carbocycles. The van der Waals surface area contributed by atoms with Crippen molar-refractivity contribution in [2.75, 3.05) is 26.4 Å². The van der Waals surface area contributed by atoms with E-state index in [0.717, 1.165) is 25.9 Å². The Labute approximate surface area is 133 Å². The summed E-state index contributed by atoms with van der Waals surface area (Å²) in [4.78, 5) is 4.38. The number of ether oxygens (including phenoxy) is 1. The minimum absolute atomic E-state index is 0.101. The van der Waals surface area contributed by atoms with Crippen LogP contribution in [0.2, 0.25) is 0 Å². The first-order chi connectivity index (χ1) is 11.1. The zero-order valence-electron chi connectivity index (χ0n) is 12.9. The molecule has 1 aromatic heterocycles. The number of piperidine rings is 1. The number of benzene rings is 1. The molecule has 1 aliphatic heterocycles. The van der Waals surface area contributed by atoms with Crippen molar-refractivity contribution in [1.29, 1.82) is 0 Å². The SMILES string of the molecule is CC1(c2noc(-c3ccc(OCCF)cc3F)n2)CCNCC1. The molecule has 1 saturated heterocycles. The lowest BCUT2D eigenvalue weighted by Gasteiger charge is -2.30. The number of rotatable bonds is 5. The van der Waals surface area contributed by atoms with Crippen LogP contribution in [0.1, 0.15) is 25.6 Å². The van der Waals surface area contributed by atoms with Crippen LogP contribution in [0.15, 0.2) is 22.7 Å². The Bertz CT molecular complexity index is 669. The van der Waals surface area contributed by atoms with Crippen LogP contribution in [-0.4, -0.2) is 36.5 Å². The lowest BCUT2D eigenvalue weighted by atomic mass is 9.80. The van der Waals surface area contributed by atoms with Gasteiger partial charge in [-0.3, -0.25) is 0 Å². The first-order valence-corrected chi connectivity index (χ1v) is 7.66. The van der Waals surface area contributed by atoms with Crippen LogP contribution < -0.4 is 10.1 Å². The third-order valence-corrected chi connectivity index (χ3v) is 4.19. The fourth-order valence-electron chi connectivity index (χ4n) is 2.70. The van der Waals surface area contributed by atoms with Gasteiger partial charge >= 0.3 is 0 Å². The molecule has 2 aromatic rings. The highest BCUT2D eigenvalue weighted by molar-refractivity contribution is 5.55. The number of aromatic nitrogens is 2. The second-order valence-corrected chi connectivity index (χ2v) is 5.91. The number of nitrogens with zero attached hydrogens (tertiary/aromatic N) is 2. The molecule has 0 spiro atoms. The van der Waals surface area contributed by atoms with Crippen molar-refractivity contribution in [2.24, 2.45) is 0 Å². The van der Waals surface area contributed by atoms with Crippen LogP contribution >= 0.6 is 0 Å². The van der Waals surface area contributed by atoms with Gasteiger partial charge in [0.15, 0.2) is 5.82 Å². The van der Waals surface area contributed by atoms with E-state index in [0.29, 0.717) is 5.82 Å². The van der Waals surface area contributed by atoms with E-state index < -0.39 is 12.5 Å². The lowest BCUT2D eigenvalue weighted by Crippen LogP contribution is -2.38. The van der Waals surface area contributed by atoms with Gasteiger partial charge < -0.3 is 14.6 Å². The summed E-state index contributed by atoms with van der Waals surface area (Å²) in [5.74, 6) is 0.487. The predicted molar refractivity (Wildman–Crippen MR) is 80.6 cm³/mol. The Hall–Kier alpha value is -2.02. The summed E-state index contributed by atoms with van der Waals surface area (Å²) in [6.07, 6.45) is 1.81. The van der Waals surface area contributed by atoms with Crippen molar-refractivity contribution in [3.8, 4) is 17.2 Å². The molecule has 0 saturated carbocycles. The van der Waals surface area contributed by atoms with Gasteiger partial charge in [0.2, 0.25) is 0 Å². The first-order valence-electron chi connectivity index (χ1n) is 7.66. The summed E-state index contributed by atoms with van der Waals surface area (Å²) in [6, 6.07) is 4.26. The van der Waals surface area contributed by atoms with Gasteiger partial charge in [0.1, 0.15) is 24.8 Å². The quantitative estimate of drug-likeness (QED) is 0.917. The van der Waals surface area contributed by atoms with E-state index >= 15 is 0 Å². The number of nitrogens with one attached hydrogen (secondary N) is 1. The minimum atomic E-state index is -0.621. The maximum atomic E-state index is 14.2. The van der Waals surface area contributed by atoms with E-state index in [4.69, 9.17) is 9.26 Å². The zero-order chi connectivity index (χ0) is 16.3. The summed E-state index contributed by atoms with van der Waals surface area (Å²) >= 11 is 0. The molecule has 0 atom stereocenters. The second-order valence-electron chi connectivity index (χ2n) is 5.91. The van der Waals surface area contributed by atoms with E-state index in [1.165, 1.54) is 12.1 Å². The molecule has 1 aliphatic rings. The van der Waals surface area contributed by atoms with Crippen LogP contribution in [0.5, 0.6) is 5.75 Å². The van der Waals surface area contributed by atoms with Crippen LogP contribution in [0.4, 0.5) is 8.78 Å². The molecule has 124 valence electrons. The maximum Gasteiger partial charge on any atom is 0.260 e. The van der Waals surface area contributed by atoms with E-state index in [1.807, 2.05) is 0 Å². The van der Waals surface area contributed by atoms with Gasteiger partial charge in [0, 0.05) is 11.5 Å². The third kappa shape index (κ3) is 3.34. The van der Waals surface area contributed by atoms with E-state index in [9.17, 15) is 8.78 Å². The number of alkyl halides is 1. The van der Waals surface area contributed by atoms with Gasteiger partial charge in [0.05, 0.1) is 5.56 Å². The van der Waals surface area contributed by atoms with Crippen molar-refractivity contribution in [3.63, 3.8) is 0 Å². The van der Waals surface area contributed by atoms with Crippen molar-refractivity contribution < 1.29 is 18.0 Å². The summed E-state index contributed by atoms with van der Waals surface area (Å²) in [7, 11) is 0. The number of halogens is 2. The topological polar surface area (TPSA) is 60.2 Å². The molecule has 7 heteroatoms. The van der Waals surface area contributed by atoms with Gasteiger partial charge in [-0.15, -0.1) is 0 Å². The number of hydrogen-bond donors (Lipinski definition) is 1. The molecule has 0 amide bonds. The Morgan fingerprint density at radius 3 is 2.83 bits per heavy atom. The largest absolute Gasteiger partial charge is 0.491 e. The van der Waals surface area contributed by atoms with Crippen LogP contribution in [0.3, 0.4) is 0 Å². The van der Waals surface area contributed by atoms with Gasteiger partial charge in [-0.1, -0.05) is 12.1 Å². The molecule has 0 bridgehead atoms. The summed E-state index contributed by atoms with van der Waals surface area (Å²) in [5, 5.41) is 7.33.